The summed E-state index contributed by atoms with van der Waals surface area (Å²) in [6, 6.07) is 7.62. The van der Waals surface area contributed by atoms with Gasteiger partial charge in [0.25, 0.3) is 5.56 Å². The van der Waals surface area contributed by atoms with E-state index in [4.69, 9.17) is 33.2 Å². The van der Waals surface area contributed by atoms with Crippen LogP contribution in [0.5, 0.6) is 28.7 Å². The number of rotatable bonds is 12. The molecule has 0 saturated heterocycles. The number of aryl methyl sites for hydroxylation is 1. The maximum atomic E-state index is 13.3. The predicted octanol–water partition coefficient (Wildman–Crippen LogP) is 2.19. The molecule has 0 unspecified atom stereocenters. The second-order valence-corrected chi connectivity index (χ2v) is 9.01. The topological polar surface area (TPSA) is 154 Å². The van der Waals surface area contributed by atoms with Gasteiger partial charge in [-0.1, -0.05) is 6.08 Å². The third-order valence-corrected chi connectivity index (χ3v) is 6.33. The summed E-state index contributed by atoms with van der Waals surface area (Å²) < 4.78 is 39.2. The van der Waals surface area contributed by atoms with E-state index in [1.54, 1.807) is 31.2 Å². The number of methoxy groups -OCH3 is 4. The molecule has 1 aromatic heterocycles. The largest absolute Gasteiger partial charge is 0.493 e. The number of ether oxygens (including phenoxy) is 7. The lowest BCUT2D eigenvalue weighted by atomic mass is 10.0. The first kappa shape index (κ1) is 29.9. The third kappa shape index (κ3) is 6.47. The average molecular weight is 583 g/mol. The van der Waals surface area contributed by atoms with Gasteiger partial charge in [-0.15, -0.1) is 0 Å². The third-order valence-electron chi connectivity index (χ3n) is 6.33. The Morgan fingerprint density at radius 2 is 1.55 bits per heavy atom. The van der Waals surface area contributed by atoms with Gasteiger partial charge in [0, 0.05) is 22.9 Å². The van der Waals surface area contributed by atoms with Crippen molar-refractivity contribution in [3.8, 4) is 28.7 Å². The minimum absolute atomic E-state index is 0.136. The van der Waals surface area contributed by atoms with E-state index in [1.807, 2.05) is 0 Å². The fourth-order valence-electron chi connectivity index (χ4n) is 4.18. The predicted molar refractivity (Wildman–Crippen MR) is 148 cm³/mol. The highest BCUT2D eigenvalue weighted by molar-refractivity contribution is 6.10. The zero-order valence-electron chi connectivity index (χ0n) is 23.6. The average Bonchev–Trinajstić information content (AvgIpc) is 3.48. The monoisotopic (exact) mass is 582 g/mol. The molecule has 1 N–H and O–H groups in total. The highest BCUT2D eigenvalue weighted by atomic mass is 16.6. The fraction of sp³-hybridized carbons (Fsp3) is 0.310. The number of hydrogen-bond acceptors (Lipinski definition) is 11. The molecule has 0 fully saturated rings. The Kier molecular flexibility index (Phi) is 9.32. The minimum Gasteiger partial charge on any atom is -0.493 e. The summed E-state index contributed by atoms with van der Waals surface area (Å²) in [5.74, 6) is 0.385. The van der Waals surface area contributed by atoms with Crippen LogP contribution in [-0.4, -0.2) is 69.1 Å². The van der Waals surface area contributed by atoms with Crippen LogP contribution in [0.1, 0.15) is 27.7 Å². The molecule has 2 heterocycles. The fourth-order valence-corrected chi connectivity index (χ4v) is 4.18. The van der Waals surface area contributed by atoms with Crippen LogP contribution in [0.2, 0.25) is 0 Å². The summed E-state index contributed by atoms with van der Waals surface area (Å²) in [5, 5.41) is 0. The van der Waals surface area contributed by atoms with Crippen LogP contribution >= 0.6 is 0 Å². The van der Waals surface area contributed by atoms with Crippen LogP contribution in [0.25, 0.3) is 0 Å². The number of esters is 1. The number of carbonyl (C=O) groups excluding carboxylic acids is 2. The molecule has 0 aliphatic carbocycles. The van der Waals surface area contributed by atoms with Gasteiger partial charge in [0.2, 0.25) is 5.75 Å². The van der Waals surface area contributed by atoms with Gasteiger partial charge in [-0.3, -0.25) is 19.1 Å². The highest BCUT2D eigenvalue weighted by Gasteiger charge is 2.24. The summed E-state index contributed by atoms with van der Waals surface area (Å²) in [6.07, 6.45) is 3.28. The van der Waals surface area contributed by atoms with Crippen molar-refractivity contribution in [1.82, 2.24) is 9.55 Å². The molecule has 2 atom stereocenters. The number of H-pyrrole nitrogens is 1. The van der Waals surface area contributed by atoms with Gasteiger partial charge in [-0.25, -0.2) is 9.59 Å². The maximum Gasteiger partial charge on any atom is 0.344 e. The quantitative estimate of drug-likeness (QED) is 0.190. The van der Waals surface area contributed by atoms with Crippen LogP contribution < -0.4 is 34.9 Å². The molecular formula is C29H30N2O11. The SMILES string of the molecule is COc1ccc(C(=O)c2cc(OC)c(OC)c(OC)c2)cc1OCC(=O)OC[C@@H]1C=C[C@H](n2cc(C)c(=O)[nH]c2=O)O1. The van der Waals surface area contributed by atoms with Gasteiger partial charge < -0.3 is 33.2 Å². The first-order valence-corrected chi connectivity index (χ1v) is 12.7. The van der Waals surface area contributed by atoms with E-state index >= 15 is 0 Å². The van der Waals surface area contributed by atoms with Crippen molar-refractivity contribution >= 4 is 11.8 Å². The Morgan fingerprint density at radius 3 is 2.19 bits per heavy atom. The summed E-state index contributed by atoms with van der Waals surface area (Å²) in [7, 11) is 5.79. The van der Waals surface area contributed by atoms with Crippen molar-refractivity contribution in [3.05, 3.63) is 86.2 Å². The van der Waals surface area contributed by atoms with E-state index in [9.17, 15) is 19.2 Å². The molecule has 1 aliphatic rings. The molecule has 0 amide bonds. The Balaban J connectivity index is 1.38. The Hall–Kier alpha value is -5.04. The number of nitrogens with one attached hydrogen (secondary N) is 1. The standard InChI is InChI=1S/C29H30N2O11/c1-16-13-31(29(35)30-28(16)34)24-9-7-19(42-24)14-41-25(32)15-40-21-10-17(6-8-20(21)36-2)26(33)18-11-22(37-3)27(39-5)23(12-18)38-4/h6-13,19,24H,14-15H2,1-5H3,(H,30,34,35)/t19-,24+/m0/s1. The van der Waals surface area contributed by atoms with E-state index in [-0.39, 0.29) is 29.3 Å². The van der Waals surface area contributed by atoms with Crippen LogP contribution in [0, 0.1) is 6.92 Å². The molecule has 0 bridgehead atoms. The number of benzene rings is 2. The molecule has 13 nitrogen and oxygen atoms in total. The van der Waals surface area contributed by atoms with Gasteiger partial charge in [-0.05, 0) is 43.3 Å². The second kappa shape index (κ2) is 13.1. The van der Waals surface area contributed by atoms with Gasteiger partial charge in [0.05, 0.1) is 28.4 Å². The van der Waals surface area contributed by atoms with E-state index in [2.05, 4.69) is 4.98 Å². The number of aromatic nitrogens is 2. The number of carbonyl (C=O) groups is 2. The van der Waals surface area contributed by atoms with Crippen LogP contribution in [-0.2, 0) is 14.3 Å². The number of nitrogens with zero attached hydrogens (tertiary/aromatic N) is 1. The lowest BCUT2D eigenvalue weighted by molar-refractivity contribution is -0.150. The zero-order chi connectivity index (χ0) is 30.4. The van der Waals surface area contributed by atoms with Crippen molar-refractivity contribution in [2.75, 3.05) is 41.7 Å². The van der Waals surface area contributed by atoms with Gasteiger partial charge in [0.1, 0.15) is 12.7 Å². The normalized spacial score (nSPS) is 15.6. The van der Waals surface area contributed by atoms with Crippen LogP contribution in [0.15, 0.2) is 58.3 Å². The van der Waals surface area contributed by atoms with Gasteiger partial charge in [-0.2, -0.15) is 0 Å². The Morgan fingerprint density at radius 1 is 0.881 bits per heavy atom. The van der Waals surface area contributed by atoms with E-state index in [0.29, 0.717) is 28.6 Å². The van der Waals surface area contributed by atoms with E-state index in [0.717, 1.165) is 0 Å². The number of hydrogen-bond donors (Lipinski definition) is 1. The molecule has 0 radical (unpaired) electrons. The van der Waals surface area contributed by atoms with Crippen molar-refractivity contribution in [2.24, 2.45) is 0 Å². The van der Waals surface area contributed by atoms with Crippen molar-refractivity contribution in [1.29, 1.82) is 0 Å². The highest BCUT2D eigenvalue weighted by Crippen LogP contribution is 2.39. The molecule has 1 aliphatic heterocycles. The molecule has 2 aromatic carbocycles. The van der Waals surface area contributed by atoms with Gasteiger partial charge >= 0.3 is 11.7 Å². The summed E-state index contributed by atoms with van der Waals surface area (Å²) in [5.41, 5.74) is -0.204. The first-order valence-electron chi connectivity index (χ1n) is 12.7. The maximum absolute atomic E-state index is 13.3. The molecule has 0 saturated carbocycles. The van der Waals surface area contributed by atoms with Crippen molar-refractivity contribution in [3.63, 3.8) is 0 Å². The first-order chi connectivity index (χ1) is 20.2. The van der Waals surface area contributed by atoms with Crippen molar-refractivity contribution < 1.29 is 42.7 Å². The Bertz CT molecular complexity index is 1600. The molecule has 42 heavy (non-hydrogen) atoms. The van der Waals surface area contributed by atoms with E-state index in [1.165, 1.54) is 57.4 Å². The zero-order valence-corrected chi connectivity index (χ0v) is 23.6. The molecule has 3 aromatic rings. The molecule has 0 spiro atoms. The van der Waals surface area contributed by atoms with Crippen LogP contribution in [0.3, 0.4) is 0 Å². The second-order valence-electron chi connectivity index (χ2n) is 9.01. The summed E-state index contributed by atoms with van der Waals surface area (Å²) in [6.45, 7) is 0.959. The molecule has 4 rings (SSSR count). The Labute approximate surface area is 240 Å². The molecule has 222 valence electrons. The molecular weight excluding hydrogens is 552 g/mol. The smallest absolute Gasteiger partial charge is 0.344 e. The minimum atomic E-state index is -0.761. The molecule has 13 heteroatoms. The summed E-state index contributed by atoms with van der Waals surface area (Å²) >= 11 is 0. The lowest BCUT2D eigenvalue weighted by Crippen LogP contribution is -2.33. The van der Waals surface area contributed by atoms with E-state index < -0.39 is 36.2 Å². The van der Waals surface area contributed by atoms with Crippen molar-refractivity contribution in [2.45, 2.75) is 19.3 Å². The van der Waals surface area contributed by atoms with Gasteiger partial charge in [0.15, 0.2) is 41.6 Å². The number of aromatic amines is 1. The summed E-state index contributed by atoms with van der Waals surface area (Å²) in [4.78, 5) is 51.7. The lowest BCUT2D eigenvalue weighted by Gasteiger charge is -2.17. The van der Waals surface area contributed by atoms with Crippen LogP contribution in [0.4, 0.5) is 0 Å². The number of ketones is 1.